The van der Waals surface area contributed by atoms with Crippen LogP contribution >= 0.6 is 34.5 Å². The van der Waals surface area contributed by atoms with Gasteiger partial charge in [0.25, 0.3) is 12.3 Å². The summed E-state index contributed by atoms with van der Waals surface area (Å²) in [7, 11) is 1.67. The van der Waals surface area contributed by atoms with E-state index in [2.05, 4.69) is 27.5 Å². The third-order valence-corrected chi connectivity index (χ3v) is 7.74. The molecule has 0 saturated heterocycles. The Labute approximate surface area is 253 Å². The van der Waals surface area contributed by atoms with E-state index in [1.807, 2.05) is 6.07 Å². The minimum atomic E-state index is -2.78. The zero-order valence-corrected chi connectivity index (χ0v) is 24.9. The van der Waals surface area contributed by atoms with E-state index in [1.165, 1.54) is 23.5 Å². The molecule has 0 radical (unpaired) electrons. The standard InChI is InChI=1S/C28H24Cl2F2N6O3S/c1-13(2)25(39)34-11-15-5-6-18(29)24(23(15)30)36-28-35-19-8-17(21(41-12-22(31)32)9-20(19)38(28)4)26(40)37-27-16(10-33)7-14(3)42-27/h5-9,22H,1,11-12H2,2-4H3,(H,34,39)(H,35,36)(H,37,40). The molecule has 2 aromatic carbocycles. The molecule has 0 atom stereocenters. The van der Waals surface area contributed by atoms with Crippen LogP contribution in [0.3, 0.4) is 0 Å². The molecule has 2 aromatic heterocycles. The van der Waals surface area contributed by atoms with Crippen molar-refractivity contribution in [3.63, 3.8) is 0 Å². The van der Waals surface area contributed by atoms with Gasteiger partial charge < -0.3 is 25.3 Å². The summed E-state index contributed by atoms with van der Waals surface area (Å²) in [5.74, 6) is -0.799. The highest BCUT2D eigenvalue weighted by molar-refractivity contribution is 7.16. The van der Waals surface area contributed by atoms with E-state index in [0.29, 0.717) is 32.9 Å². The highest BCUT2D eigenvalue weighted by Crippen LogP contribution is 2.37. The molecule has 0 bridgehead atoms. The lowest BCUT2D eigenvalue weighted by atomic mass is 10.1. The van der Waals surface area contributed by atoms with Crippen molar-refractivity contribution in [2.75, 3.05) is 17.2 Å². The summed E-state index contributed by atoms with van der Waals surface area (Å²) in [6.07, 6.45) is -2.78. The first-order chi connectivity index (χ1) is 19.9. The first-order valence-electron chi connectivity index (χ1n) is 12.3. The van der Waals surface area contributed by atoms with Gasteiger partial charge in [0.2, 0.25) is 11.9 Å². The van der Waals surface area contributed by atoms with Crippen LogP contribution in [0.4, 0.5) is 25.4 Å². The van der Waals surface area contributed by atoms with Crippen LogP contribution in [-0.4, -0.2) is 34.4 Å². The predicted molar refractivity (Wildman–Crippen MR) is 160 cm³/mol. The second-order valence-electron chi connectivity index (χ2n) is 9.18. The Balaban J connectivity index is 1.71. The number of fused-ring (bicyclic) bond motifs is 1. The molecular formula is C28H24Cl2F2N6O3S. The van der Waals surface area contributed by atoms with Crippen LogP contribution in [0.2, 0.25) is 10.0 Å². The number of imidazole rings is 1. The number of carbonyl (C=O) groups excluding carboxylic acids is 2. The maximum absolute atomic E-state index is 13.3. The average Bonchev–Trinajstić information content (AvgIpc) is 3.45. The third kappa shape index (κ3) is 6.65. The van der Waals surface area contributed by atoms with E-state index in [4.69, 9.17) is 27.9 Å². The Hall–Kier alpha value is -4.18. The second kappa shape index (κ2) is 12.8. The first-order valence-corrected chi connectivity index (χ1v) is 13.9. The van der Waals surface area contributed by atoms with E-state index in [-0.39, 0.29) is 45.3 Å². The molecule has 0 saturated carbocycles. The lowest BCUT2D eigenvalue weighted by molar-refractivity contribution is -0.117. The van der Waals surface area contributed by atoms with Crippen molar-refractivity contribution < 1.29 is 23.1 Å². The van der Waals surface area contributed by atoms with Gasteiger partial charge in [-0.1, -0.05) is 35.8 Å². The van der Waals surface area contributed by atoms with Gasteiger partial charge in [0.05, 0.1) is 37.9 Å². The lowest BCUT2D eigenvalue weighted by Crippen LogP contribution is -2.23. The maximum Gasteiger partial charge on any atom is 0.272 e. The Morgan fingerprint density at radius 1 is 1.26 bits per heavy atom. The summed E-state index contributed by atoms with van der Waals surface area (Å²) < 4.78 is 33.0. The molecule has 0 fully saturated rings. The summed E-state index contributed by atoms with van der Waals surface area (Å²) in [4.78, 5) is 30.6. The zero-order valence-electron chi connectivity index (χ0n) is 22.6. The summed E-state index contributed by atoms with van der Waals surface area (Å²) in [6.45, 7) is 6.18. The molecule has 4 rings (SSSR count). The number of nitrogens with one attached hydrogen (secondary N) is 3. The number of aromatic nitrogens is 2. The van der Waals surface area contributed by atoms with Crippen LogP contribution in [0, 0.1) is 18.3 Å². The number of amides is 2. The van der Waals surface area contributed by atoms with Crippen molar-refractivity contribution in [2.45, 2.75) is 26.8 Å². The zero-order chi connectivity index (χ0) is 30.7. The molecule has 14 heteroatoms. The van der Waals surface area contributed by atoms with Gasteiger partial charge >= 0.3 is 0 Å². The van der Waals surface area contributed by atoms with Crippen molar-refractivity contribution in [2.24, 2.45) is 7.05 Å². The minimum absolute atomic E-state index is 0.0472. The summed E-state index contributed by atoms with van der Waals surface area (Å²) in [5.41, 5.74) is 2.28. The van der Waals surface area contributed by atoms with Gasteiger partial charge in [0, 0.05) is 30.1 Å². The smallest absolute Gasteiger partial charge is 0.272 e. The third-order valence-electron chi connectivity index (χ3n) is 6.03. The summed E-state index contributed by atoms with van der Waals surface area (Å²) in [5, 5.41) is 18.7. The van der Waals surface area contributed by atoms with Gasteiger partial charge in [0.15, 0.2) is 0 Å². The Morgan fingerprint density at radius 2 is 2.00 bits per heavy atom. The van der Waals surface area contributed by atoms with E-state index < -0.39 is 18.9 Å². The number of anilines is 3. The van der Waals surface area contributed by atoms with Gasteiger partial charge in [-0.05, 0) is 37.6 Å². The molecule has 2 heterocycles. The number of nitriles is 1. The molecule has 4 aromatic rings. The van der Waals surface area contributed by atoms with Crippen LogP contribution in [-0.2, 0) is 18.4 Å². The van der Waals surface area contributed by atoms with E-state index in [1.54, 1.807) is 43.7 Å². The van der Waals surface area contributed by atoms with E-state index in [9.17, 15) is 23.6 Å². The fraction of sp³-hybridized carbons (Fsp3) is 0.214. The van der Waals surface area contributed by atoms with Crippen molar-refractivity contribution >= 4 is 74.0 Å². The number of hydrogen-bond acceptors (Lipinski definition) is 7. The molecular weight excluding hydrogens is 609 g/mol. The molecule has 0 aliphatic carbocycles. The monoisotopic (exact) mass is 632 g/mol. The van der Waals surface area contributed by atoms with Gasteiger partial charge in [0.1, 0.15) is 23.4 Å². The Kier molecular flexibility index (Phi) is 9.36. The molecule has 3 N–H and O–H groups in total. The van der Waals surface area contributed by atoms with Crippen molar-refractivity contribution in [1.29, 1.82) is 5.26 Å². The minimum Gasteiger partial charge on any atom is -0.487 e. The number of nitrogens with zero attached hydrogens (tertiary/aromatic N) is 3. The fourth-order valence-corrected chi connectivity index (χ4v) is 5.31. The average molecular weight is 634 g/mol. The number of thiophene rings is 1. The first kappa shape index (κ1) is 30.8. The highest BCUT2D eigenvalue weighted by Gasteiger charge is 2.22. The molecule has 0 spiro atoms. The van der Waals surface area contributed by atoms with Crippen LogP contribution in [0.25, 0.3) is 11.0 Å². The number of alkyl halides is 2. The molecule has 0 aliphatic rings. The number of ether oxygens (including phenoxy) is 1. The van der Waals surface area contributed by atoms with E-state index >= 15 is 0 Å². The quantitative estimate of drug-likeness (QED) is 0.163. The van der Waals surface area contributed by atoms with Gasteiger partial charge in [-0.25, -0.2) is 13.8 Å². The number of carbonyl (C=O) groups is 2. The van der Waals surface area contributed by atoms with Crippen molar-refractivity contribution in [3.8, 4) is 11.8 Å². The number of rotatable bonds is 10. The molecule has 2 amide bonds. The molecule has 218 valence electrons. The predicted octanol–water partition coefficient (Wildman–Crippen LogP) is 6.95. The molecule has 0 unspecified atom stereocenters. The lowest BCUT2D eigenvalue weighted by Gasteiger charge is -2.14. The molecule has 9 nitrogen and oxygen atoms in total. The van der Waals surface area contributed by atoms with Crippen LogP contribution < -0.4 is 20.7 Å². The number of hydrogen-bond donors (Lipinski definition) is 3. The van der Waals surface area contributed by atoms with Crippen LogP contribution in [0.5, 0.6) is 5.75 Å². The number of benzene rings is 2. The van der Waals surface area contributed by atoms with Crippen molar-refractivity contribution in [1.82, 2.24) is 14.9 Å². The van der Waals surface area contributed by atoms with Crippen LogP contribution in [0.15, 0.2) is 42.5 Å². The number of halogens is 4. The second-order valence-corrected chi connectivity index (χ2v) is 11.2. The highest BCUT2D eigenvalue weighted by atomic mass is 35.5. The topological polar surface area (TPSA) is 121 Å². The van der Waals surface area contributed by atoms with Crippen molar-refractivity contribution in [3.05, 3.63) is 74.1 Å². The number of aryl methyl sites for hydroxylation is 2. The van der Waals surface area contributed by atoms with Gasteiger partial charge in [-0.2, -0.15) is 5.26 Å². The maximum atomic E-state index is 13.3. The van der Waals surface area contributed by atoms with Gasteiger partial charge in [-0.15, -0.1) is 11.3 Å². The molecule has 0 aliphatic heterocycles. The Morgan fingerprint density at radius 3 is 2.67 bits per heavy atom. The Bertz CT molecular complexity index is 1760. The van der Waals surface area contributed by atoms with E-state index in [0.717, 1.165) is 4.88 Å². The largest absolute Gasteiger partial charge is 0.487 e. The normalized spacial score (nSPS) is 10.9. The van der Waals surface area contributed by atoms with Crippen LogP contribution in [0.1, 0.15) is 33.3 Å². The summed E-state index contributed by atoms with van der Waals surface area (Å²) >= 11 is 14.3. The molecule has 42 heavy (non-hydrogen) atoms. The fourth-order valence-electron chi connectivity index (χ4n) is 3.93. The summed E-state index contributed by atoms with van der Waals surface area (Å²) in [6, 6.07) is 9.78. The van der Waals surface area contributed by atoms with Gasteiger partial charge in [-0.3, -0.25) is 9.59 Å². The SMILES string of the molecule is C=C(C)C(=O)NCc1ccc(Cl)c(Nc2nc3cc(C(=O)Nc4sc(C)cc4C#N)c(OCC(F)F)cc3n2C)c1Cl.